The van der Waals surface area contributed by atoms with Gasteiger partial charge in [-0.1, -0.05) is 304 Å². The van der Waals surface area contributed by atoms with Crippen molar-refractivity contribution in [3.63, 3.8) is 0 Å². The lowest BCUT2D eigenvalue weighted by atomic mass is 10.0. The minimum atomic E-state index is -0.903. The van der Waals surface area contributed by atoms with Crippen molar-refractivity contribution in [1.29, 1.82) is 0 Å². The average Bonchev–Trinajstić information content (AvgIpc) is 4.02. The van der Waals surface area contributed by atoms with E-state index >= 15 is 0 Å². The summed E-state index contributed by atoms with van der Waals surface area (Å²) >= 11 is 0. The number of hydrogen-bond donors (Lipinski definition) is 2. The lowest BCUT2D eigenvalue weighted by Crippen LogP contribution is -3.00. The SMILES string of the molecule is CCCCCCCCCCCCCCCCCC(=O)[O-].CCCCCCCCCCCCCCCCCC1[NH2+]CCN1CC.CCCCCCCCCCCCCCCCCC1[NH2+]CCN1CC.[Cl-]. The summed E-state index contributed by atoms with van der Waals surface area (Å²) in [7, 11) is 0. The first-order valence-electron chi connectivity index (χ1n) is 31.9. The molecule has 69 heavy (non-hydrogen) atoms. The first-order chi connectivity index (χ1) is 33.5. The number of likely N-dealkylation sites (N-methyl/N-ethyl adjacent to an activating group) is 2. The third-order valence-corrected chi connectivity index (χ3v) is 15.7. The zero-order valence-electron chi connectivity index (χ0n) is 48.1. The van der Waals surface area contributed by atoms with Crippen LogP contribution in [0.3, 0.4) is 0 Å². The van der Waals surface area contributed by atoms with Crippen LogP contribution in [0.25, 0.3) is 0 Å². The second-order valence-electron chi connectivity index (χ2n) is 22.0. The summed E-state index contributed by atoms with van der Waals surface area (Å²) in [4.78, 5) is 15.5. The molecule has 2 saturated heterocycles. The van der Waals surface area contributed by atoms with Gasteiger partial charge in [-0.2, -0.15) is 0 Å². The Morgan fingerprint density at radius 2 is 0.551 bits per heavy atom. The number of carbonyl (C=O) groups is 1. The molecule has 2 aliphatic rings. The number of carbonyl (C=O) groups excluding carboxylic acids is 1. The lowest BCUT2D eigenvalue weighted by Gasteiger charge is -2.18. The second-order valence-corrected chi connectivity index (χ2v) is 22.0. The summed E-state index contributed by atoms with van der Waals surface area (Å²) in [6, 6.07) is 0. The fraction of sp³-hybridized carbons (Fsp3) is 0.984. The van der Waals surface area contributed by atoms with E-state index in [0.717, 1.165) is 25.2 Å². The smallest absolute Gasteiger partial charge is 0.142 e. The molecule has 2 heterocycles. The highest BCUT2D eigenvalue weighted by molar-refractivity contribution is 5.64. The van der Waals surface area contributed by atoms with E-state index in [1.54, 1.807) is 0 Å². The monoisotopic (exact) mass is 997 g/mol. The van der Waals surface area contributed by atoms with Crippen LogP contribution in [0, 0.1) is 0 Å². The quantitative estimate of drug-likeness (QED) is 0.0595. The molecule has 7 heteroatoms. The first-order valence-corrected chi connectivity index (χ1v) is 31.9. The number of quaternary nitrogens is 2. The van der Waals surface area contributed by atoms with Crippen LogP contribution in [0.2, 0.25) is 0 Å². The van der Waals surface area contributed by atoms with Crippen molar-refractivity contribution in [1.82, 2.24) is 9.80 Å². The average molecular weight is 998 g/mol. The first kappa shape index (κ1) is 70.7. The maximum absolute atomic E-state index is 10.2. The Hall–Kier alpha value is -0.400. The molecule has 6 nitrogen and oxygen atoms in total. The summed E-state index contributed by atoms with van der Waals surface area (Å²) in [6.07, 6.45) is 68.2. The van der Waals surface area contributed by atoms with Crippen LogP contribution in [0.1, 0.15) is 343 Å². The van der Waals surface area contributed by atoms with Gasteiger partial charge in [0.25, 0.3) is 0 Å². The summed E-state index contributed by atoms with van der Waals surface area (Å²) < 4.78 is 0. The molecule has 0 saturated carbocycles. The standard InChI is InChI=1S/2C22H46N2.C18H36O2.ClH/c2*1-3-5-6-7-8-9-10-11-12-13-14-15-16-17-18-19-22-23-20-21-24(22)4-2;1-2-3-4-5-6-7-8-9-10-11-12-13-14-15-16-17-18(19)20;/h2*22-23H,3-21H2,1-2H3;2-17H2,1H3,(H,19,20);1H. The number of carboxylic acid groups (broad SMARTS) is 1. The van der Waals surface area contributed by atoms with Crippen LogP contribution in [0.15, 0.2) is 0 Å². The van der Waals surface area contributed by atoms with Crippen LogP contribution < -0.4 is 28.1 Å². The molecule has 2 rings (SSSR count). The third-order valence-electron chi connectivity index (χ3n) is 15.7. The highest BCUT2D eigenvalue weighted by Crippen LogP contribution is 2.18. The Kier molecular flexibility index (Phi) is 61.6. The number of unbranched alkanes of at least 4 members (excludes halogenated alkanes) is 42. The van der Waals surface area contributed by atoms with E-state index in [1.165, 1.54) is 328 Å². The van der Waals surface area contributed by atoms with E-state index in [9.17, 15) is 9.90 Å². The van der Waals surface area contributed by atoms with Crippen molar-refractivity contribution in [3.8, 4) is 0 Å². The Morgan fingerprint density at radius 3 is 0.754 bits per heavy atom. The molecule has 416 valence electrons. The fourth-order valence-electron chi connectivity index (χ4n) is 11.0. The number of nitrogens with zero attached hydrogens (tertiary/aromatic N) is 2. The van der Waals surface area contributed by atoms with E-state index in [0.29, 0.717) is 0 Å². The van der Waals surface area contributed by atoms with Crippen LogP contribution in [-0.4, -0.2) is 67.4 Å². The molecule has 0 aromatic carbocycles. The maximum atomic E-state index is 10.2. The molecule has 0 aromatic heterocycles. The molecular formula is C62H129ClN4O2. The lowest BCUT2D eigenvalue weighted by molar-refractivity contribution is -0.680. The Bertz CT molecular complexity index is 905. The second kappa shape index (κ2) is 60.2. The number of aliphatic carboxylic acids is 1. The molecular weight excluding hydrogens is 868 g/mol. The summed E-state index contributed by atoms with van der Waals surface area (Å²) in [5.41, 5.74) is 0. The van der Waals surface area contributed by atoms with Crippen molar-refractivity contribution >= 4 is 5.97 Å². The van der Waals surface area contributed by atoms with Crippen LogP contribution in [0.4, 0.5) is 0 Å². The van der Waals surface area contributed by atoms with Crippen LogP contribution >= 0.6 is 0 Å². The molecule has 2 aliphatic heterocycles. The summed E-state index contributed by atoms with van der Waals surface area (Å²) in [5, 5.41) is 15.3. The minimum Gasteiger partial charge on any atom is -1.00 e. The Balaban J connectivity index is 0. The topological polar surface area (TPSA) is 79.8 Å². The van der Waals surface area contributed by atoms with Gasteiger partial charge in [-0.25, -0.2) is 9.80 Å². The van der Waals surface area contributed by atoms with Gasteiger partial charge in [-0.15, -0.1) is 0 Å². The number of halogens is 1. The third kappa shape index (κ3) is 52.3. The molecule has 2 unspecified atom stereocenters. The molecule has 0 aliphatic carbocycles. The van der Waals surface area contributed by atoms with Gasteiger partial charge in [-0.3, -0.25) is 0 Å². The van der Waals surface area contributed by atoms with Crippen molar-refractivity contribution in [2.45, 2.75) is 355 Å². The Labute approximate surface area is 441 Å². The van der Waals surface area contributed by atoms with Crippen molar-refractivity contribution in [3.05, 3.63) is 0 Å². The zero-order valence-corrected chi connectivity index (χ0v) is 48.8. The van der Waals surface area contributed by atoms with Gasteiger partial charge >= 0.3 is 0 Å². The maximum Gasteiger partial charge on any atom is 0.142 e. The van der Waals surface area contributed by atoms with E-state index in [1.807, 2.05) is 0 Å². The highest BCUT2D eigenvalue weighted by atomic mass is 35.5. The minimum absolute atomic E-state index is 0. The van der Waals surface area contributed by atoms with E-state index in [2.05, 4.69) is 55.1 Å². The van der Waals surface area contributed by atoms with Crippen molar-refractivity contribution < 1.29 is 32.9 Å². The molecule has 2 fully saturated rings. The van der Waals surface area contributed by atoms with Crippen LogP contribution in [-0.2, 0) is 4.79 Å². The van der Waals surface area contributed by atoms with E-state index < -0.39 is 5.97 Å². The van der Waals surface area contributed by atoms with Gasteiger partial charge in [0.15, 0.2) is 0 Å². The van der Waals surface area contributed by atoms with Gasteiger partial charge in [0.05, 0.1) is 26.2 Å². The van der Waals surface area contributed by atoms with Gasteiger partial charge < -0.3 is 32.9 Å². The van der Waals surface area contributed by atoms with Crippen molar-refractivity contribution in [2.24, 2.45) is 0 Å². The molecule has 4 N–H and O–H groups in total. The fourth-order valence-corrected chi connectivity index (χ4v) is 11.0. The zero-order chi connectivity index (χ0) is 49.5. The van der Waals surface area contributed by atoms with Crippen molar-refractivity contribution in [2.75, 3.05) is 39.3 Å². The van der Waals surface area contributed by atoms with Gasteiger partial charge in [0.2, 0.25) is 0 Å². The molecule has 0 spiro atoms. The number of hydrogen-bond acceptors (Lipinski definition) is 4. The van der Waals surface area contributed by atoms with E-state index in [-0.39, 0.29) is 18.8 Å². The molecule has 0 bridgehead atoms. The van der Waals surface area contributed by atoms with Gasteiger partial charge in [0.1, 0.15) is 12.3 Å². The molecule has 0 amide bonds. The molecule has 0 aromatic rings. The predicted octanol–water partition coefficient (Wildman–Crippen LogP) is 12.9. The van der Waals surface area contributed by atoms with Crippen LogP contribution in [0.5, 0.6) is 0 Å². The van der Waals surface area contributed by atoms with Gasteiger partial charge in [-0.05, 0) is 25.7 Å². The number of rotatable bonds is 50. The summed E-state index contributed by atoms with van der Waals surface area (Å²) in [6.45, 7) is 19.2. The normalized spacial score (nSPS) is 16.0. The Morgan fingerprint density at radius 1 is 0.348 bits per heavy atom. The van der Waals surface area contributed by atoms with Gasteiger partial charge in [0, 0.05) is 31.9 Å². The number of carboxylic acids is 1. The highest BCUT2D eigenvalue weighted by Gasteiger charge is 2.26. The predicted molar refractivity (Wildman–Crippen MR) is 299 cm³/mol. The largest absolute Gasteiger partial charge is 1.00 e. The molecule has 2 atom stereocenters. The molecule has 0 radical (unpaired) electrons. The number of nitrogens with two attached hydrogens (primary N) is 2. The van der Waals surface area contributed by atoms with E-state index in [4.69, 9.17) is 0 Å². The summed E-state index contributed by atoms with van der Waals surface area (Å²) in [5.74, 6) is -0.903.